The molecule has 0 atom stereocenters. The molecular formula is C19H12BrClN2O2S. The number of amidine groups is 1. The molecule has 0 unspecified atom stereocenters. The Morgan fingerprint density at radius 3 is 2.81 bits per heavy atom. The summed E-state index contributed by atoms with van der Waals surface area (Å²) in [6.45, 7) is 0.153. The first-order valence-corrected chi connectivity index (χ1v) is 9.45. The number of hydrogen-bond acceptors (Lipinski definition) is 4. The van der Waals surface area contributed by atoms with Gasteiger partial charge in [-0.15, -0.1) is 6.42 Å². The van der Waals surface area contributed by atoms with Crippen LogP contribution in [0.1, 0.15) is 5.56 Å². The van der Waals surface area contributed by atoms with Gasteiger partial charge in [0.05, 0.1) is 10.6 Å². The average molecular weight is 448 g/mol. The number of benzene rings is 2. The monoisotopic (exact) mass is 446 g/mol. The lowest BCUT2D eigenvalue weighted by Gasteiger charge is -2.07. The molecule has 26 heavy (non-hydrogen) atoms. The Kier molecular flexibility index (Phi) is 6.04. The number of halogens is 2. The number of rotatable bonds is 4. The van der Waals surface area contributed by atoms with Crippen LogP contribution in [0.2, 0.25) is 5.02 Å². The van der Waals surface area contributed by atoms with Gasteiger partial charge in [-0.05, 0) is 60.3 Å². The van der Waals surface area contributed by atoms with Gasteiger partial charge in [0, 0.05) is 15.1 Å². The summed E-state index contributed by atoms with van der Waals surface area (Å²) in [4.78, 5) is 17.2. The molecule has 1 amide bonds. The average Bonchev–Trinajstić information content (AvgIpc) is 2.95. The number of thioether (sulfide) groups is 1. The molecule has 0 aromatic heterocycles. The van der Waals surface area contributed by atoms with Gasteiger partial charge < -0.3 is 10.1 Å². The summed E-state index contributed by atoms with van der Waals surface area (Å²) in [5.41, 5.74) is 1.46. The van der Waals surface area contributed by atoms with E-state index in [1.807, 2.05) is 12.1 Å². The maximum Gasteiger partial charge on any atom is 0.264 e. The first-order valence-electron chi connectivity index (χ1n) is 7.46. The Morgan fingerprint density at radius 1 is 1.31 bits per heavy atom. The van der Waals surface area contributed by atoms with Crippen molar-refractivity contribution in [3.63, 3.8) is 0 Å². The molecule has 0 aliphatic carbocycles. The summed E-state index contributed by atoms with van der Waals surface area (Å²) in [7, 11) is 0. The van der Waals surface area contributed by atoms with E-state index < -0.39 is 0 Å². The number of carbonyl (C=O) groups excluding carboxylic acids is 1. The summed E-state index contributed by atoms with van der Waals surface area (Å²) >= 11 is 10.5. The number of carbonyl (C=O) groups is 1. The van der Waals surface area contributed by atoms with E-state index in [4.69, 9.17) is 22.8 Å². The van der Waals surface area contributed by atoms with Crippen LogP contribution in [-0.2, 0) is 4.79 Å². The minimum Gasteiger partial charge on any atom is -0.480 e. The highest BCUT2D eigenvalue weighted by Gasteiger charge is 2.24. The number of hydrogen-bond donors (Lipinski definition) is 1. The maximum absolute atomic E-state index is 12.3. The van der Waals surface area contributed by atoms with Crippen molar-refractivity contribution in [1.29, 1.82) is 0 Å². The van der Waals surface area contributed by atoms with Crippen LogP contribution < -0.4 is 10.1 Å². The van der Waals surface area contributed by atoms with Gasteiger partial charge in [-0.2, -0.15) is 0 Å². The molecule has 1 aliphatic rings. The van der Waals surface area contributed by atoms with Crippen LogP contribution in [0.5, 0.6) is 5.75 Å². The fourth-order valence-corrected chi connectivity index (χ4v) is 3.48. The molecule has 2 aromatic carbocycles. The summed E-state index contributed by atoms with van der Waals surface area (Å²) in [6, 6.07) is 12.6. The smallest absolute Gasteiger partial charge is 0.264 e. The molecule has 0 spiro atoms. The van der Waals surface area contributed by atoms with E-state index in [1.165, 1.54) is 11.8 Å². The number of nitrogens with one attached hydrogen (secondary N) is 1. The van der Waals surface area contributed by atoms with E-state index in [9.17, 15) is 4.79 Å². The summed E-state index contributed by atoms with van der Waals surface area (Å²) in [5, 5.41) is 3.89. The molecule has 1 saturated heterocycles. The second-order valence-corrected chi connectivity index (χ2v) is 7.52. The topological polar surface area (TPSA) is 50.7 Å². The van der Waals surface area contributed by atoms with Crippen molar-refractivity contribution in [1.82, 2.24) is 5.32 Å². The van der Waals surface area contributed by atoms with Gasteiger partial charge in [-0.1, -0.05) is 33.5 Å². The Balaban J connectivity index is 1.86. The molecule has 3 rings (SSSR count). The minimum absolute atomic E-state index is 0.153. The second-order valence-electron chi connectivity index (χ2n) is 5.13. The van der Waals surface area contributed by atoms with Crippen LogP contribution in [0, 0.1) is 12.3 Å². The molecular weight excluding hydrogens is 436 g/mol. The second kappa shape index (κ2) is 8.45. The SMILES string of the molecule is C#CCOc1ccc(Br)cc1/C=C1\SC(=Nc2ccc(Cl)cc2)NC1=O. The van der Waals surface area contributed by atoms with Crippen molar-refractivity contribution in [2.45, 2.75) is 0 Å². The molecule has 4 nitrogen and oxygen atoms in total. The van der Waals surface area contributed by atoms with Gasteiger partial charge in [0.2, 0.25) is 0 Å². The first kappa shape index (κ1) is 18.6. The molecule has 7 heteroatoms. The third-order valence-corrected chi connectivity index (χ3v) is 4.93. The molecule has 2 aromatic rings. The Labute approximate surface area is 168 Å². The van der Waals surface area contributed by atoms with Gasteiger partial charge in [0.15, 0.2) is 5.17 Å². The Bertz CT molecular complexity index is 949. The molecule has 1 aliphatic heterocycles. The van der Waals surface area contributed by atoms with Crippen molar-refractivity contribution >= 4 is 62.1 Å². The van der Waals surface area contributed by atoms with Gasteiger partial charge >= 0.3 is 0 Å². The summed E-state index contributed by atoms with van der Waals surface area (Å²) in [5.74, 6) is 2.82. The van der Waals surface area contributed by atoms with Crippen LogP contribution >= 0.6 is 39.3 Å². The third-order valence-electron chi connectivity index (χ3n) is 3.28. The molecule has 0 bridgehead atoms. The molecule has 0 radical (unpaired) electrons. The minimum atomic E-state index is -0.217. The maximum atomic E-state index is 12.3. The highest BCUT2D eigenvalue weighted by molar-refractivity contribution is 9.10. The highest BCUT2D eigenvalue weighted by Crippen LogP contribution is 2.32. The van der Waals surface area contributed by atoms with Crippen molar-refractivity contribution in [2.75, 3.05) is 6.61 Å². The quantitative estimate of drug-likeness (QED) is 0.530. The van der Waals surface area contributed by atoms with Crippen LogP contribution in [0.25, 0.3) is 6.08 Å². The van der Waals surface area contributed by atoms with E-state index in [2.05, 4.69) is 32.2 Å². The third kappa shape index (κ3) is 4.70. The largest absolute Gasteiger partial charge is 0.480 e. The normalized spacial score (nSPS) is 16.6. The predicted molar refractivity (Wildman–Crippen MR) is 111 cm³/mol. The molecule has 0 saturated carbocycles. The number of amides is 1. The van der Waals surface area contributed by atoms with Gasteiger partial charge in [0.1, 0.15) is 12.4 Å². The van der Waals surface area contributed by atoms with Gasteiger partial charge in [-0.25, -0.2) is 4.99 Å². The molecule has 1 heterocycles. The number of terminal acetylenes is 1. The first-order chi connectivity index (χ1) is 12.5. The van der Waals surface area contributed by atoms with Crippen molar-refractivity contribution in [3.05, 3.63) is 62.4 Å². The number of ether oxygens (including phenoxy) is 1. The van der Waals surface area contributed by atoms with Crippen LogP contribution in [0.3, 0.4) is 0 Å². The van der Waals surface area contributed by atoms with Gasteiger partial charge in [-0.3, -0.25) is 4.79 Å². The van der Waals surface area contributed by atoms with E-state index in [1.54, 1.807) is 36.4 Å². The fourth-order valence-electron chi connectivity index (χ4n) is 2.14. The molecule has 1 N–H and O–H groups in total. The van der Waals surface area contributed by atoms with Crippen LogP contribution in [0.4, 0.5) is 5.69 Å². The number of nitrogens with zero attached hydrogens (tertiary/aromatic N) is 1. The number of aliphatic imine (C=N–C) groups is 1. The van der Waals surface area contributed by atoms with Gasteiger partial charge in [0.25, 0.3) is 5.91 Å². The van der Waals surface area contributed by atoms with E-state index in [0.29, 0.717) is 26.5 Å². The van der Waals surface area contributed by atoms with Crippen LogP contribution in [0.15, 0.2) is 56.8 Å². The predicted octanol–water partition coefficient (Wildman–Crippen LogP) is 5.01. The lowest BCUT2D eigenvalue weighted by atomic mass is 10.2. The van der Waals surface area contributed by atoms with Crippen molar-refractivity contribution in [3.8, 4) is 18.1 Å². The lowest BCUT2D eigenvalue weighted by molar-refractivity contribution is -0.115. The summed E-state index contributed by atoms with van der Waals surface area (Å²) < 4.78 is 6.41. The fraction of sp³-hybridized carbons (Fsp3) is 0.0526. The zero-order valence-corrected chi connectivity index (χ0v) is 16.5. The van der Waals surface area contributed by atoms with Crippen molar-refractivity contribution < 1.29 is 9.53 Å². The summed E-state index contributed by atoms with van der Waals surface area (Å²) in [6.07, 6.45) is 7.00. The van der Waals surface area contributed by atoms with Crippen molar-refractivity contribution in [2.24, 2.45) is 4.99 Å². The zero-order valence-electron chi connectivity index (χ0n) is 13.3. The van der Waals surface area contributed by atoms with E-state index >= 15 is 0 Å². The Morgan fingerprint density at radius 2 is 2.08 bits per heavy atom. The molecule has 1 fully saturated rings. The molecule has 130 valence electrons. The standard InChI is InChI=1S/C19H12BrClN2O2S/c1-2-9-25-16-8-3-13(20)10-12(16)11-17-18(24)23-19(26-17)22-15-6-4-14(21)5-7-15/h1,3-8,10-11H,9H2,(H,22,23,24)/b17-11-. The Hall–Kier alpha value is -2.20. The highest BCUT2D eigenvalue weighted by atomic mass is 79.9. The zero-order chi connectivity index (χ0) is 18.5. The van der Waals surface area contributed by atoms with E-state index in [-0.39, 0.29) is 12.5 Å². The van der Waals surface area contributed by atoms with Crippen LogP contribution in [-0.4, -0.2) is 17.7 Å². The van der Waals surface area contributed by atoms with E-state index in [0.717, 1.165) is 10.0 Å². The lowest BCUT2D eigenvalue weighted by Crippen LogP contribution is -2.19.